The Bertz CT molecular complexity index is 1040. The van der Waals surface area contributed by atoms with Gasteiger partial charge < -0.3 is 14.8 Å². The first-order chi connectivity index (χ1) is 16.2. The Hall–Kier alpha value is -3.15. The number of hydrogen-bond acceptors (Lipinski definition) is 5. The number of cyclic esters (lactones) is 1. The number of rotatable bonds is 2. The van der Waals surface area contributed by atoms with Crippen molar-refractivity contribution in [1.82, 2.24) is 5.32 Å². The second-order valence-corrected chi connectivity index (χ2v) is 9.87. The lowest BCUT2D eigenvalue weighted by atomic mass is 9.63. The number of amides is 1. The molecule has 6 heteroatoms. The zero-order chi connectivity index (χ0) is 24.5. The summed E-state index contributed by atoms with van der Waals surface area (Å²) >= 11 is 0. The van der Waals surface area contributed by atoms with Crippen molar-refractivity contribution in [3.8, 4) is 0 Å². The lowest BCUT2D eigenvalue weighted by molar-refractivity contribution is -0.147. The van der Waals surface area contributed by atoms with E-state index in [9.17, 15) is 14.4 Å². The number of allylic oxidation sites excluding steroid dienone is 3. The van der Waals surface area contributed by atoms with Crippen LogP contribution in [0.4, 0.5) is 4.79 Å². The molecule has 1 aromatic carbocycles. The molecule has 7 atom stereocenters. The third-order valence-electron chi connectivity index (χ3n) is 7.64. The number of nitrogens with one attached hydrogen (secondary N) is 1. The minimum atomic E-state index is -1.42. The predicted octanol–water partition coefficient (Wildman–Crippen LogP) is 4.76. The molecule has 1 aliphatic carbocycles. The van der Waals surface area contributed by atoms with E-state index in [0.29, 0.717) is 12.8 Å². The molecule has 1 amide bonds. The van der Waals surface area contributed by atoms with Crippen molar-refractivity contribution in [2.24, 2.45) is 29.6 Å². The molecule has 0 radical (unpaired) electrons. The van der Waals surface area contributed by atoms with Gasteiger partial charge >= 0.3 is 6.16 Å². The average molecular weight is 464 g/mol. The summed E-state index contributed by atoms with van der Waals surface area (Å²) in [7, 11) is 0. The Morgan fingerprint density at radius 2 is 1.79 bits per heavy atom. The second kappa shape index (κ2) is 9.61. The summed E-state index contributed by atoms with van der Waals surface area (Å²) < 4.78 is 11.2. The standard InChI is InChI=1S/C28H33NO5/c1-17-9-8-12-22-15-19(3)20(4)24-23(16-21-10-6-5-7-11-21)29-26(31)28(22,24)34-27(32)33-14-13-18(2)25(17)30/h5-8,10-15,17-18,20,22-24H,9,16H2,1-4H3,(H,29,31)/b12-8+,14-13+/t17-,18-,20+,22-,23-,24-,28+/m0/s1. The summed E-state index contributed by atoms with van der Waals surface area (Å²) in [4.78, 5) is 39.1. The Balaban J connectivity index is 1.77. The van der Waals surface area contributed by atoms with E-state index >= 15 is 0 Å². The lowest BCUT2D eigenvalue weighted by Gasteiger charge is -2.44. The van der Waals surface area contributed by atoms with E-state index in [-0.39, 0.29) is 35.5 Å². The number of hydrogen-bond donors (Lipinski definition) is 1. The van der Waals surface area contributed by atoms with Crippen molar-refractivity contribution < 1.29 is 23.9 Å². The minimum Gasteiger partial charge on any atom is -0.416 e. The Morgan fingerprint density at radius 3 is 2.53 bits per heavy atom. The van der Waals surface area contributed by atoms with E-state index in [4.69, 9.17) is 9.47 Å². The lowest BCUT2D eigenvalue weighted by Crippen LogP contribution is -2.56. The van der Waals surface area contributed by atoms with Gasteiger partial charge in [0.2, 0.25) is 5.60 Å². The minimum absolute atomic E-state index is 0.0110. The summed E-state index contributed by atoms with van der Waals surface area (Å²) in [6.45, 7) is 7.80. The van der Waals surface area contributed by atoms with Gasteiger partial charge in [0.25, 0.3) is 5.91 Å². The van der Waals surface area contributed by atoms with Crippen LogP contribution in [0.25, 0.3) is 0 Å². The first-order valence-electron chi connectivity index (χ1n) is 12.0. The monoisotopic (exact) mass is 463 g/mol. The van der Waals surface area contributed by atoms with E-state index in [2.05, 4.69) is 19.2 Å². The molecule has 2 aliphatic heterocycles. The number of ether oxygens (including phenoxy) is 2. The van der Waals surface area contributed by atoms with Crippen molar-refractivity contribution in [3.05, 3.63) is 72.0 Å². The van der Waals surface area contributed by atoms with E-state index in [1.807, 2.05) is 55.5 Å². The highest BCUT2D eigenvalue weighted by Gasteiger charge is 2.64. The third-order valence-corrected chi connectivity index (χ3v) is 7.64. The van der Waals surface area contributed by atoms with Crippen LogP contribution < -0.4 is 5.32 Å². The molecular formula is C28H33NO5. The Labute approximate surface area is 201 Å². The van der Waals surface area contributed by atoms with Crippen molar-refractivity contribution in [1.29, 1.82) is 0 Å². The molecule has 1 aromatic rings. The number of ketones is 1. The molecule has 0 saturated carbocycles. The molecular weight excluding hydrogens is 430 g/mol. The molecule has 3 aliphatic rings. The highest BCUT2D eigenvalue weighted by molar-refractivity contribution is 5.92. The summed E-state index contributed by atoms with van der Waals surface area (Å²) in [6, 6.07) is 9.79. The molecule has 0 bridgehead atoms. The van der Waals surface area contributed by atoms with Gasteiger partial charge in [0, 0.05) is 29.7 Å². The average Bonchev–Trinajstić information content (AvgIpc) is 3.08. The fourth-order valence-electron chi connectivity index (χ4n) is 5.65. The number of carbonyl (C=O) groups is 3. The van der Waals surface area contributed by atoms with Crippen molar-refractivity contribution in [2.75, 3.05) is 0 Å². The molecule has 1 saturated heterocycles. The maximum atomic E-state index is 13.6. The molecule has 6 nitrogen and oxygen atoms in total. The summed E-state index contributed by atoms with van der Waals surface area (Å²) in [5.74, 6) is -1.57. The molecule has 1 N–H and O–H groups in total. The van der Waals surface area contributed by atoms with Gasteiger partial charge in [-0.3, -0.25) is 9.59 Å². The maximum Gasteiger partial charge on any atom is 0.514 e. The largest absolute Gasteiger partial charge is 0.514 e. The van der Waals surface area contributed by atoms with Gasteiger partial charge in [0.05, 0.1) is 6.26 Å². The topological polar surface area (TPSA) is 81.7 Å². The molecule has 2 heterocycles. The van der Waals surface area contributed by atoms with Crippen LogP contribution >= 0.6 is 0 Å². The van der Waals surface area contributed by atoms with Gasteiger partial charge in [-0.05, 0) is 37.3 Å². The van der Waals surface area contributed by atoms with Crippen LogP contribution in [0.2, 0.25) is 0 Å². The van der Waals surface area contributed by atoms with Crippen LogP contribution in [0.15, 0.2) is 66.5 Å². The van der Waals surface area contributed by atoms with Crippen molar-refractivity contribution in [2.45, 2.75) is 52.2 Å². The molecule has 0 unspecified atom stereocenters. The van der Waals surface area contributed by atoms with Gasteiger partial charge in [-0.25, -0.2) is 4.79 Å². The fraction of sp³-hybridized carbons (Fsp3) is 0.464. The van der Waals surface area contributed by atoms with Crippen LogP contribution in [0.3, 0.4) is 0 Å². The van der Waals surface area contributed by atoms with Gasteiger partial charge in [0.15, 0.2) is 0 Å². The predicted molar refractivity (Wildman–Crippen MR) is 129 cm³/mol. The zero-order valence-electron chi connectivity index (χ0n) is 20.2. The summed E-state index contributed by atoms with van der Waals surface area (Å²) in [6.07, 6.45) is 8.85. The zero-order valence-corrected chi connectivity index (χ0v) is 20.2. The number of benzene rings is 1. The molecule has 180 valence electrons. The fourth-order valence-corrected chi connectivity index (χ4v) is 5.65. The summed E-state index contributed by atoms with van der Waals surface area (Å²) in [5, 5.41) is 3.14. The second-order valence-electron chi connectivity index (χ2n) is 9.87. The highest BCUT2D eigenvalue weighted by Crippen LogP contribution is 2.50. The molecule has 1 fully saturated rings. The van der Waals surface area contributed by atoms with Crippen LogP contribution in [0, 0.1) is 29.6 Å². The number of Topliss-reactive ketones (excluding diaryl/α,β-unsaturated/α-hetero) is 1. The molecule has 34 heavy (non-hydrogen) atoms. The molecule has 0 aromatic heterocycles. The first kappa shape index (κ1) is 24.0. The maximum absolute atomic E-state index is 13.6. The van der Waals surface area contributed by atoms with Crippen molar-refractivity contribution in [3.63, 3.8) is 0 Å². The smallest absolute Gasteiger partial charge is 0.416 e. The van der Waals surface area contributed by atoms with Gasteiger partial charge in [-0.1, -0.05) is 74.9 Å². The van der Waals surface area contributed by atoms with E-state index in [1.165, 1.54) is 6.26 Å². The molecule has 4 rings (SSSR count). The van der Waals surface area contributed by atoms with Crippen LogP contribution in [0.1, 0.15) is 39.7 Å². The van der Waals surface area contributed by atoms with E-state index in [1.54, 1.807) is 13.0 Å². The Morgan fingerprint density at radius 1 is 1.06 bits per heavy atom. The summed E-state index contributed by atoms with van der Waals surface area (Å²) in [5.41, 5.74) is 0.823. The first-order valence-corrected chi connectivity index (χ1v) is 12.0. The SMILES string of the molecule is CC1=C[C@@H]2/C=C/C[C@H](C)C(=O)[C@@H](C)/C=C/OC(=O)O[C@]23C(=O)N[C@@H](Cc2ccccc2)[C@@H]3[C@@H]1C. The van der Waals surface area contributed by atoms with Gasteiger partial charge in [-0.15, -0.1) is 0 Å². The number of carbonyl (C=O) groups excluding carboxylic acids is 3. The highest BCUT2D eigenvalue weighted by atomic mass is 16.7. The Kier molecular flexibility index (Phi) is 6.78. The van der Waals surface area contributed by atoms with Crippen LogP contribution in [-0.2, 0) is 25.5 Å². The quantitative estimate of drug-likeness (QED) is 0.505. The van der Waals surface area contributed by atoms with Gasteiger partial charge in [-0.2, -0.15) is 0 Å². The van der Waals surface area contributed by atoms with Crippen molar-refractivity contribution >= 4 is 17.8 Å². The van der Waals surface area contributed by atoms with E-state index < -0.39 is 23.6 Å². The normalized spacial score (nSPS) is 37.9. The van der Waals surface area contributed by atoms with E-state index in [0.717, 1.165) is 11.1 Å². The molecule has 1 spiro atoms. The van der Waals surface area contributed by atoms with Crippen LogP contribution in [0.5, 0.6) is 0 Å². The van der Waals surface area contributed by atoms with Crippen LogP contribution in [-0.4, -0.2) is 29.5 Å². The third kappa shape index (κ3) is 4.33. The van der Waals surface area contributed by atoms with Gasteiger partial charge in [0.1, 0.15) is 5.78 Å².